The van der Waals surface area contributed by atoms with Gasteiger partial charge in [0, 0.05) is 37.2 Å². The van der Waals surface area contributed by atoms with Crippen LogP contribution in [-0.4, -0.2) is 45.8 Å². The summed E-state index contributed by atoms with van der Waals surface area (Å²) in [5, 5.41) is 0. The van der Waals surface area contributed by atoms with E-state index in [1.54, 1.807) is 62.8 Å². The quantitative estimate of drug-likeness (QED) is 0.302. The van der Waals surface area contributed by atoms with Gasteiger partial charge in [-0.05, 0) is 24.3 Å². The van der Waals surface area contributed by atoms with Gasteiger partial charge in [0.15, 0.2) is 0 Å². The molecule has 0 aliphatic carbocycles. The number of ether oxygens (including phenoxy) is 6. The minimum Gasteiger partial charge on any atom is -0.487 e. The van der Waals surface area contributed by atoms with Crippen LogP contribution in [0.15, 0.2) is 48.5 Å². The molecule has 188 valence electrons. The van der Waals surface area contributed by atoms with Crippen LogP contribution in [0.4, 0.5) is 4.79 Å². The highest BCUT2D eigenvalue weighted by Gasteiger charge is 2.27. The first-order valence-corrected chi connectivity index (χ1v) is 11.3. The van der Waals surface area contributed by atoms with Crippen molar-refractivity contribution in [3.05, 3.63) is 48.5 Å². The number of hydrogen-bond acceptors (Lipinski definition) is 7. The third-order valence-electron chi connectivity index (χ3n) is 5.14. The molecule has 2 unspecified atom stereocenters. The van der Waals surface area contributed by atoms with Crippen molar-refractivity contribution in [2.24, 2.45) is 10.8 Å². The molecule has 0 fully saturated rings. The molecule has 7 nitrogen and oxygen atoms in total. The van der Waals surface area contributed by atoms with Crippen LogP contribution >= 0.6 is 0 Å². The van der Waals surface area contributed by atoms with Gasteiger partial charge in [-0.2, -0.15) is 0 Å². The van der Waals surface area contributed by atoms with E-state index in [2.05, 4.69) is 41.5 Å². The van der Waals surface area contributed by atoms with Crippen molar-refractivity contribution >= 4 is 6.16 Å². The van der Waals surface area contributed by atoms with E-state index >= 15 is 0 Å². The van der Waals surface area contributed by atoms with Crippen LogP contribution in [0.5, 0.6) is 23.0 Å². The molecule has 0 aliphatic rings. The van der Waals surface area contributed by atoms with Gasteiger partial charge < -0.3 is 28.4 Å². The second-order valence-corrected chi connectivity index (χ2v) is 10.3. The Balaban J connectivity index is 2.04. The zero-order valence-electron chi connectivity index (χ0n) is 21.5. The van der Waals surface area contributed by atoms with Crippen molar-refractivity contribution in [3.8, 4) is 23.0 Å². The average Bonchev–Trinajstić information content (AvgIpc) is 2.72. The van der Waals surface area contributed by atoms with Gasteiger partial charge in [-0.25, -0.2) is 4.79 Å². The lowest BCUT2D eigenvalue weighted by Crippen LogP contribution is -2.36. The Hall–Kier alpha value is -2.77. The highest BCUT2D eigenvalue weighted by molar-refractivity contribution is 5.67. The lowest BCUT2D eigenvalue weighted by atomic mass is 9.89. The van der Waals surface area contributed by atoms with Crippen molar-refractivity contribution in [3.63, 3.8) is 0 Å². The molecule has 0 spiro atoms. The number of methoxy groups -OCH3 is 2. The topological polar surface area (TPSA) is 72.5 Å². The normalized spacial score (nSPS) is 13.6. The van der Waals surface area contributed by atoms with Gasteiger partial charge in [0.1, 0.15) is 35.2 Å². The Bertz CT molecular complexity index is 838. The fourth-order valence-corrected chi connectivity index (χ4v) is 2.99. The Morgan fingerprint density at radius 2 is 1.03 bits per heavy atom. The van der Waals surface area contributed by atoms with Crippen molar-refractivity contribution in [2.75, 3.05) is 27.4 Å². The van der Waals surface area contributed by atoms with E-state index in [9.17, 15) is 4.79 Å². The maximum absolute atomic E-state index is 12.4. The molecule has 0 amide bonds. The first-order chi connectivity index (χ1) is 15.9. The summed E-state index contributed by atoms with van der Waals surface area (Å²) in [4.78, 5) is 12.4. The van der Waals surface area contributed by atoms with E-state index in [1.165, 1.54) is 0 Å². The Labute approximate surface area is 203 Å². The molecule has 2 aromatic rings. The van der Waals surface area contributed by atoms with Crippen LogP contribution in [0.25, 0.3) is 0 Å². The molecular weight excluding hydrogens is 436 g/mol. The lowest BCUT2D eigenvalue weighted by molar-refractivity contribution is 0.0136. The summed E-state index contributed by atoms with van der Waals surface area (Å²) in [6.45, 7) is 13.3. The van der Waals surface area contributed by atoms with E-state index in [0.717, 1.165) is 0 Å². The van der Waals surface area contributed by atoms with E-state index < -0.39 is 6.16 Å². The Morgan fingerprint density at radius 3 is 1.35 bits per heavy atom. The van der Waals surface area contributed by atoms with E-state index in [-0.39, 0.29) is 23.0 Å². The monoisotopic (exact) mass is 474 g/mol. The zero-order valence-corrected chi connectivity index (χ0v) is 21.5. The van der Waals surface area contributed by atoms with Crippen LogP contribution in [0.2, 0.25) is 0 Å². The average molecular weight is 475 g/mol. The molecule has 0 heterocycles. The Kier molecular flexibility index (Phi) is 9.77. The summed E-state index contributed by atoms with van der Waals surface area (Å²) in [5.41, 5.74) is -0.262. The lowest BCUT2D eigenvalue weighted by Gasteiger charge is -2.30. The maximum Gasteiger partial charge on any atom is 0.519 e. The minimum absolute atomic E-state index is 0.131. The SMILES string of the molecule is COCC(Oc1cccc(OC(=O)Oc2cccc(OC(COC)C(C)(C)C)c2)c1)C(C)(C)C. The predicted octanol–water partition coefficient (Wildman–Crippen LogP) is 6.14. The zero-order chi connectivity index (χ0) is 25.4. The van der Waals surface area contributed by atoms with Crippen LogP contribution in [0.1, 0.15) is 41.5 Å². The molecule has 0 aliphatic heterocycles. The maximum atomic E-state index is 12.4. The molecule has 7 heteroatoms. The Morgan fingerprint density at radius 1 is 0.676 bits per heavy atom. The fraction of sp³-hybridized carbons (Fsp3) is 0.519. The van der Waals surface area contributed by atoms with Gasteiger partial charge in [0.05, 0.1) is 13.2 Å². The summed E-state index contributed by atoms with van der Waals surface area (Å²) in [7, 11) is 3.27. The molecule has 0 saturated carbocycles. The summed E-state index contributed by atoms with van der Waals surface area (Å²) in [6, 6.07) is 13.7. The third kappa shape index (κ3) is 8.88. The molecule has 2 aromatic carbocycles. The molecule has 0 bridgehead atoms. The second kappa shape index (κ2) is 12.1. The smallest absolute Gasteiger partial charge is 0.487 e. The summed E-state index contributed by atoms with van der Waals surface area (Å²) in [5.74, 6) is 1.77. The fourth-order valence-electron chi connectivity index (χ4n) is 2.99. The van der Waals surface area contributed by atoms with Gasteiger partial charge in [-0.15, -0.1) is 0 Å². The molecule has 0 N–H and O–H groups in total. The molecule has 2 rings (SSSR count). The van der Waals surface area contributed by atoms with Gasteiger partial charge >= 0.3 is 6.16 Å². The van der Waals surface area contributed by atoms with Crippen LogP contribution < -0.4 is 18.9 Å². The standard InChI is InChI=1S/C27H38O7/c1-26(2,3)23(17-29-7)31-19-11-9-13-21(15-19)33-25(28)34-22-14-10-12-20(16-22)32-24(18-30-8)27(4,5)6/h9-16,23-24H,17-18H2,1-8H3. The molecule has 2 atom stereocenters. The van der Waals surface area contributed by atoms with Gasteiger partial charge in [0.25, 0.3) is 0 Å². The number of carbonyl (C=O) groups is 1. The van der Waals surface area contributed by atoms with Crippen LogP contribution in [-0.2, 0) is 9.47 Å². The molecule has 0 radical (unpaired) electrons. The van der Waals surface area contributed by atoms with Crippen molar-refractivity contribution in [1.29, 1.82) is 0 Å². The van der Waals surface area contributed by atoms with Crippen LogP contribution in [0, 0.1) is 10.8 Å². The van der Waals surface area contributed by atoms with Crippen LogP contribution in [0.3, 0.4) is 0 Å². The summed E-state index contributed by atoms with van der Waals surface area (Å²) in [6.07, 6.45) is -1.20. The van der Waals surface area contributed by atoms with Crippen molar-refractivity contribution < 1.29 is 33.2 Å². The summed E-state index contributed by atoms with van der Waals surface area (Å²) < 4.78 is 33.4. The predicted molar refractivity (Wildman–Crippen MR) is 131 cm³/mol. The third-order valence-corrected chi connectivity index (χ3v) is 5.14. The minimum atomic E-state index is -0.858. The first kappa shape index (κ1) is 27.5. The molecule has 34 heavy (non-hydrogen) atoms. The van der Waals surface area contributed by atoms with Crippen molar-refractivity contribution in [2.45, 2.75) is 53.8 Å². The molecule has 0 saturated heterocycles. The van der Waals surface area contributed by atoms with E-state index in [1.807, 2.05) is 0 Å². The van der Waals surface area contributed by atoms with E-state index in [4.69, 9.17) is 28.4 Å². The second-order valence-electron chi connectivity index (χ2n) is 10.3. The largest absolute Gasteiger partial charge is 0.519 e. The van der Waals surface area contributed by atoms with Crippen molar-refractivity contribution in [1.82, 2.24) is 0 Å². The molecular formula is C27H38O7. The van der Waals surface area contributed by atoms with E-state index in [0.29, 0.717) is 36.2 Å². The summed E-state index contributed by atoms with van der Waals surface area (Å²) >= 11 is 0. The first-order valence-electron chi connectivity index (χ1n) is 11.3. The van der Waals surface area contributed by atoms with Gasteiger partial charge in [-0.3, -0.25) is 0 Å². The number of carbonyl (C=O) groups excluding carboxylic acids is 1. The number of hydrogen-bond donors (Lipinski definition) is 0. The van der Waals surface area contributed by atoms with Gasteiger partial charge in [0.2, 0.25) is 0 Å². The van der Waals surface area contributed by atoms with Gasteiger partial charge in [-0.1, -0.05) is 53.7 Å². The highest BCUT2D eigenvalue weighted by Crippen LogP contribution is 2.29. The number of rotatable bonds is 10. The highest BCUT2D eigenvalue weighted by atomic mass is 16.7. The molecule has 0 aromatic heterocycles. The number of benzene rings is 2.